The van der Waals surface area contributed by atoms with Gasteiger partial charge in [-0.25, -0.2) is 14.4 Å². The van der Waals surface area contributed by atoms with Gasteiger partial charge in [0.05, 0.1) is 5.69 Å². The highest BCUT2D eigenvalue weighted by molar-refractivity contribution is 5.60. The number of nitrogens with zero attached hydrogens (tertiary/aromatic N) is 6. The molecule has 0 saturated heterocycles. The van der Waals surface area contributed by atoms with Crippen LogP contribution in [0.1, 0.15) is 5.69 Å². The molecule has 3 aromatic heterocycles. The molecule has 0 aliphatic heterocycles. The lowest BCUT2D eigenvalue weighted by atomic mass is 10.2. The monoisotopic (exact) mass is 240 g/mol. The molecule has 0 amide bonds. The minimum absolute atomic E-state index is 0.234. The van der Waals surface area contributed by atoms with Crippen LogP contribution in [0.15, 0.2) is 30.9 Å². The fourth-order valence-electron chi connectivity index (χ4n) is 1.62. The van der Waals surface area contributed by atoms with Gasteiger partial charge in [0.1, 0.15) is 12.4 Å². The largest absolute Gasteiger partial charge is 0.252 e. The predicted molar refractivity (Wildman–Crippen MR) is 58.7 cm³/mol. The molecule has 86 valence electrons. The van der Waals surface area contributed by atoms with E-state index in [2.05, 4.69) is 20.1 Å². The lowest BCUT2D eigenvalue weighted by molar-refractivity contribution is 0.617. The third-order valence-corrected chi connectivity index (χ3v) is 2.42. The summed E-state index contributed by atoms with van der Waals surface area (Å²) in [6.45, 7) is 0. The quantitative estimate of drug-likeness (QED) is 0.638. The summed E-state index contributed by atoms with van der Waals surface area (Å²) < 4.78 is 15.0. The van der Waals surface area contributed by atoms with Gasteiger partial charge in [0.15, 0.2) is 11.5 Å². The fourth-order valence-corrected chi connectivity index (χ4v) is 1.62. The van der Waals surface area contributed by atoms with Gasteiger partial charge in [0.25, 0.3) is 5.78 Å². The SMILES string of the molecule is N#Cc1ncc(-c2ccnc3ncnn23)cc1F. The summed E-state index contributed by atoms with van der Waals surface area (Å²) in [5, 5.41) is 12.6. The van der Waals surface area contributed by atoms with Crippen LogP contribution in [-0.4, -0.2) is 24.6 Å². The molecule has 0 aliphatic rings. The minimum Gasteiger partial charge on any atom is -0.242 e. The highest BCUT2D eigenvalue weighted by Crippen LogP contribution is 2.19. The molecule has 0 radical (unpaired) electrons. The van der Waals surface area contributed by atoms with Crippen LogP contribution in [0.5, 0.6) is 0 Å². The van der Waals surface area contributed by atoms with E-state index >= 15 is 0 Å². The van der Waals surface area contributed by atoms with Gasteiger partial charge in [-0.2, -0.15) is 19.9 Å². The first kappa shape index (κ1) is 10.3. The van der Waals surface area contributed by atoms with Crippen molar-refractivity contribution in [3.05, 3.63) is 42.4 Å². The van der Waals surface area contributed by atoms with E-state index in [1.807, 2.05) is 0 Å². The van der Waals surface area contributed by atoms with E-state index < -0.39 is 5.82 Å². The van der Waals surface area contributed by atoms with E-state index in [0.29, 0.717) is 17.0 Å². The average molecular weight is 240 g/mol. The molecule has 3 heterocycles. The number of nitriles is 1. The highest BCUT2D eigenvalue weighted by atomic mass is 19.1. The van der Waals surface area contributed by atoms with Gasteiger partial charge in [0, 0.05) is 18.0 Å². The Kier molecular flexibility index (Phi) is 2.20. The summed E-state index contributed by atoms with van der Waals surface area (Å²) in [6, 6.07) is 4.58. The number of hydrogen-bond donors (Lipinski definition) is 0. The van der Waals surface area contributed by atoms with Crippen molar-refractivity contribution < 1.29 is 4.39 Å². The first-order valence-corrected chi connectivity index (χ1v) is 5.00. The molecular formula is C11H5FN6. The van der Waals surface area contributed by atoms with Gasteiger partial charge in [-0.3, -0.25) is 0 Å². The Balaban J connectivity index is 2.24. The van der Waals surface area contributed by atoms with Crippen LogP contribution in [0.25, 0.3) is 17.0 Å². The lowest BCUT2D eigenvalue weighted by Gasteiger charge is -2.03. The second-order valence-corrected chi connectivity index (χ2v) is 3.47. The Hall–Kier alpha value is -2.88. The molecule has 18 heavy (non-hydrogen) atoms. The summed E-state index contributed by atoms with van der Waals surface area (Å²) in [5.41, 5.74) is 0.875. The molecule has 0 saturated carbocycles. The van der Waals surface area contributed by atoms with E-state index in [1.54, 1.807) is 18.3 Å². The number of rotatable bonds is 1. The van der Waals surface area contributed by atoms with Crippen molar-refractivity contribution in [3.8, 4) is 17.3 Å². The van der Waals surface area contributed by atoms with Crippen molar-refractivity contribution in [2.24, 2.45) is 0 Å². The van der Waals surface area contributed by atoms with E-state index in [1.165, 1.54) is 23.1 Å². The van der Waals surface area contributed by atoms with Crippen LogP contribution in [0.3, 0.4) is 0 Å². The maximum atomic E-state index is 13.5. The van der Waals surface area contributed by atoms with Gasteiger partial charge in [0.2, 0.25) is 0 Å². The zero-order valence-electron chi connectivity index (χ0n) is 8.95. The average Bonchev–Trinajstić information content (AvgIpc) is 2.86. The van der Waals surface area contributed by atoms with Crippen LogP contribution in [0.2, 0.25) is 0 Å². The molecule has 6 nitrogen and oxygen atoms in total. The molecular weight excluding hydrogens is 235 g/mol. The summed E-state index contributed by atoms with van der Waals surface area (Å²) in [5.74, 6) is -0.252. The number of halogens is 1. The van der Waals surface area contributed by atoms with Crippen LogP contribution >= 0.6 is 0 Å². The van der Waals surface area contributed by atoms with E-state index in [9.17, 15) is 4.39 Å². The normalized spacial score (nSPS) is 10.4. The molecule has 0 fully saturated rings. The van der Waals surface area contributed by atoms with Crippen LogP contribution in [0, 0.1) is 17.1 Å². The van der Waals surface area contributed by atoms with E-state index in [-0.39, 0.29) is 5.69 Å². The second kappa shape index (κ2) is 3.85. The smallest absolute Gasteiger partial charge is 0.242 e. The Bertz CT molecular complexity index is 773. The van der Waals surface area contributed by atoms with Gasteiger partial charge >= 0.3 is 0 Å². The molecule has 0 N–H and O–H groups in total. The zero-order chi connectivity index (χ0) is 12.5. The Morgan fingerprint density at radius 2 is 2.17 bits per heavy atom. The van der Waals surface area contributed by atoms with Crippen LogP contribution in [0.4, 0.5) is 4.39 Å². The molecule has 7 heteroatoms. The maximum Gasteiger partial charge on any atom is 0.252 e. The summed E-state index contributed by atoms with van der Waals surface area (Å²) in [7, 11) is 0. The number of hydrogen-bond acceptors (Lipinski definition) is 5. The van der Waals surface area contributed by atoms with Crippen molar-refractivity contribution in [3.63, 3.8) is 0 Å². The topological polar surface area (TPSA) is 79.8 Å². The molecule has 0 atom stereocenters. The third kappa shape index (κ3) is 1.48. The second-order valence-electron chi connectivity index (χ2n) is 3.47. The Labute approximate surface area is 100 Å². The first-order chi connectivity index (χ1) is 8.79. The molecule has 0 unspecified atom stereocenters. The van der Waals surface area contributed by atoms with Crippen molar-refractivity contribution in [2.45, 2.75) is 0 Å². The van der Waals surface area contributed by atoms with E-state index in [4.69, 9.17) is 5.26 Å². The standard InChI is InChI=1S/C11H5FN6/c12-8-3-7(5-15-9(8)4-13)10-1-2-14-11-16-6-17-18(10)11/h1-3,5-6H. The van der Waals surface area contributed by atoms with Crippen molar-refractivity contribution in [1.29, 1.82) is 5.26 Å². The van der Waals surface area contributed by atoms with Crippen LogP contribution in [-0.2, 0) is 0 Å². The molecule has 0 aliphatic carbocycles. The minimum atomic E-state index is -0.667. The zero-order valence-corrected chi connectivity index (χ0v) is 8.95. The Morgan fingerprint density at radius 1 is 1.28 bits per heavy atom. The molecule has 0 aromatic carbocycles. The highest BCUT2D eigenvalue weighted by Gasteiger charge is 2.09. The summed E-state index contributed by atoms with van der Waals surface area (Å²) >= 11 is 0. The molecule has 0 spiro atoms. The molecule has 3 rings (SSSR count). The number of pyridine rings is 1. The van der Waals surface area contributed by atoms with Crippen LogP contribution < -0.4 is 0 Å². The van der Waals surface area contributed by atoms with Crippen molar-refractivity contribution in [1.82, 2.24) is 24.6 Å². The fraction of sp³-hybridized carbons (Fsp3) is 0. The predicted octanol–water partition coefficient (Wildman–Crippen LogP) is 1.20. The molecule has 3 aromatic rings. The van der Waals surface area contributed by atoms with Gasteiger partial charge in [-0.05, 0) is 12.1 Å². The van der Waals surface area contributed by atoms with Crippen molar-refractivity contribution in [2.75, 3.05) is 0 Å². The summed E-state index contributed by atoms with van der Waals surface area (Å²) in [6.07, 6.45) is 4.33. The maximum absolute atomic E-state index is 13.5. The van der Waals surface area contributed by atoms with Gasteiger partial charge in [-0.1, -0.05) is 0 Å². The molecule has 0 bridgehead atoms. The third-order valence-electron chi connectivity index (χ3n) is 2.42. The Morgan fingerprint density at radius 3 is 2.94 bits per heavy atom. The van der Waals surface area contributed by atoms with E-state index in [0.717, 1.165) is 0 Å². The number of fused-ring (bicyclic) bond motifs is 1. The lowest BCUT2D eigenvalue weighted by Crippen LogP contribution is -1.98. The van der Waals surface area contributed by atoms with Crippen molar-refractivity contribution >= 4 is 5.78 Å². The summed E-state index contributed by atoms with van der Waals surface area (Å²) in [4.78, 5) is 11.7. The van der Waals surface area contributed by atoms with Gasteiger partial charge in [-0.15, -0.1) is 0 Å². The van der Waals surface area contributed by atoms with Gasteiger partial charge < -0.3 is 0 Å². The number of aromatic nitrogens is 5. The first-order valence-electron chi connectivity index (χ1n) is 5.00.